The molecule has 3 aromatic rings. The molecule has 1 fully saturated rings. The molecule has 0 amide bonds. The van der Waals surface area contributed by atoms with Crippen LogP contribution in [0.15, 0.2) is 41.3 Å². The summed E-state index contributed by atoms with van der Waals surface area (Å²) >= 11 is 3.49. The molecular weight excluding hydrogens is 474 g/mol. The van der Waals surface area contributed by atoms with E-state index in [0.29, 0.717) is 35.3 Å². The third kappa shape index (κ3) is 5.49. The lowest BCUT2D eigenvalue weighted by Gasteiger charge is -2.33. The number of hydrogen-bond acceptors (Lipinski definition) is 9. The van der Waals surface area contributed by atoms with Crippen LogP contribution in [0.5, 0.6) is 0 Å². The van der Waals surface area contributed by atoms with E-state index in [2.05, 4.69) is 41.1 Å². The van der Waals surface area contributed by atoms with Gasteiger partial charge in [0.15, 0.2) is 5.82 Å². The Morgan fingerprint density at radius 1 is 1.28 bits per heavy atom. The molecule has 3 heterocycles. The second-order valence-corrected chi connectivity index (χ2v) is 8.88. The van der Waals surface area contributed by atoms with Crippen LogP contribution in [0.4, 0.5) is 17.5 Å². The van der Waals surface area contributed by atoms with Crippen molar-refractivity contribution in [2.75, 3.05) is 50.6 Å². The number of anilines is 3. The second-order valence-electron chi connectivity index (χ2n) is 7.96. The van der Waals surface area contributed by atoms with Crippen LogP contribution in [-0.2, 0) is 9.53 Å². The van der Waals surface area contributed by atoms with Gasteiger partial charge in [-0.15, -0.1) is 0 Å². The summed E-state index contributed by atoms with van der Waals surface area (Å²) in [4.78, 5) is 33.7. The van der Waals surface area contributed by atoms with Crippen LogP contribution in [-0.4, -0.2) is 71.1 Å². The number of halogens is 1. The normalized spacial score (nSPS) is 14.7. The van der Waals surface area contributed by atoms with E-state index in [1.54, 1.807) is 6.20 Å². The summed E-state index contributed by atoms with van der Waals surface area (Å²) in [6, 6.07) is 7.89. The van der Waals surface area contributed by atoms with Crippen molar-refractivity contribution in [1.82, 2.24) is 24.8 Å². The van der Waals surface area contributed by atoms with Gasteiger partial charge in [-0.05, 0) is 44.0 Å². The number of rotatable bonds is 7. The SMILES string of the molecule is COC(=O)CN(C)CC1CCN(c2ncc3ncnc(Nc4cccc(Br)c4)c3n2)CC1. The molecule has 0 saturated carbocycles. The number of carbonyl (C=O) groups is 1. The largest absolute Gasteiger partial charge is 0.468 e. The summed E-state index contributed by atoms with van der Waals surface area (Å²) in [5.41, 5.74) is 2.30. The minimum Gasteiger partial charge on any atom is -0.468 e. The van der Waals surface area contributed by atoms with E-state index in [1.807, 2.05) is 36.2 Å². The first-order valence-corrected chi connectivity index (χ1v) is 11.3. The van der Waals surface area contributed by atoms with Crippen LogP contribution in [0, 0.1) is 5.92 Å². The first kappa shape index (κ1) is 22.3. The van der Waals surface area contributed by atoms with Crippen LogP contribution >= 0.6 is 15.9 Å². The molecule has 4 rings (SSSR count). The minimum atomic E-state index is -0.205. The van der Waals surface area contributed by atoms with E-state index in [9.17, 15) is 4.79 Å². The van der Waals surface area contributed by atoms with Crippen molar-refractivity contribution in [3.05, 3.63) is 41.3 Å². The molecule has 1 saturated heterocycles. The number of ether oxygens (including phenoxy) is 1. The molecule has 10 heteroatoms. The fourth-order valence-corrected chi connectivity index (χ4v) is 4.30. The van der Waals surface area contributed by atoms with Gasteiger partial charge >= 0.3 is 5.97 Å². The Kier molecular flexibility index (Phi) is 7.11. The minimum absolute atomic E-state index is 0.205. The highest BCUT2D eigenvalue weighted by Gasteiger charge is 2.23. The first-order valence-electron chi connectivity index (χ1n) is 10.5. The van der Waals surface area contributed by atoms with Gasteiger partial charge in [0.25, 0.3) is 0 Å². The fourth-order valence-electron chi connectivity index (χ4n) is 3.90. The Balaban J connectivity index is 1.44. The van der Waals surface area contributed by atoms with Crippen LogP contribution in [0.1, 0.15) is 12.8 Å². The number of esters is 1. The van der Waals surface area contributed by atoms with Crippen molar-refractivity contribution in [3.8, 4) is 0 Å². The van der Waals surface area contributed by atoms with E-state index in [-0.39, 0.29) is 5.97 Å². The maximum Gasteiger partial charge on any atom is 0.319 e. The molecule has 1 aromatic carbocycles. The number of fused-ring (bicyclic) bond motifs is 1. The van der Waals surface area contributed by atoms with Crippen molar-refractivity contribution in [3.63, 3.8) is 0 Å². The van der Waals surface area contributed by atoms with E-state index in [4.69, 9.17) is 9.72 Å². The molecule has 2 aromatic heterocycles. The highest BCUT2D eigenvalue weighted by Crippen LogP contribution is 2.26. The molecule has 0 unspecified atom stereocenters. The molecule has 1 aliphatic heterocycles. The van der Waals surface area contributed by atoms with E-state index < -0.39 is 0 Å². The van der Waals surface area contributed by atoms with Crippen molar-refractivity contribution < 1.29 is 9.53 Å². The molecule has 0 radical (unpaired) electrons. The van der Waals surface area contributed by atoms with Crippen molar-refractivity contribution in [1.29, 1.82) is 0 Å². The van der Waals surface area contributed by atoms with Gasteiger partial charge in [-0.2, -0.15) is 0 Å². The fraction of sp³-hybridized carbons (Fsp3) is 0.409. The third-order valence-electron chi connectivity index (χ3n) is 5.55. The van der Waals surface area contributed by atoms with Crippen molar-refractivity contribution in [2.45, 2.75) is 12.8 Å². The quantitative estimate of drug-likeness (QED) is 0.491. The first-order chi connectivity index (χ1) is 15.5. The van der Waals surface area contributed by atoms with Gasteiger partial charge in [0.2, 0.25) is 5.95 Å². The predicted molar refractivity (Wildman–Crippen MR) is 127 cm³/mol. The Bertz CT molecular complexity index is 1090. The predicted octanol–water partition coefficient (Wildman–Crippen LogP) is 3.25. The Hall–Kier alpha value is -2.85. The lowest BCUT2D eigenvalue weighted by molar-refractivity contribution is -0.141. The zero-order valence-electron chi connectivity index (χ0n) is 18.2. The zero-order valence-corrected chi connectivity index (χ0v) is 19.7. The monoisotopic (exact) mass is 499 g/mol. The van der Waals surface area contributed by atoms with E-state index in [0.717, 1.165) is 42.6 Å². The number of aromatic nitrogens is 4. The summed E-state index contributed by atoms with van der Waals surface area (Å²) in [6.07, 6.45) is 5.30. The molecule has 1 aliphatic rings. The third-order valence-corrected chi connectivity index (χ3v) is 6.04. The van der Waals surface area contributed by atoms with Crippen LogP contribution < -0.4 is 10.2 Å². The number of benzene rings is 1. The number of nitrogens with one attached hydrogen (secondary N) is 1. The lowest BCUT2D eigenvalue weighted by atomic mass is 9.96. The highest BCUT2D eigenvalue weighted by atomic mass is 79.9. The number of piperidine rings is 1. The summed E-state index contributed by atoms with van der Waals surface area (Å²) in [5.74, 6) is 1.66. The molecule has 168 valence electrons. The molecule has 0 bridgehead atoms. The van der Waals surface area contributed by atoms with Crippen molar-refractivity contribution >= 4 is 50.4 Å². The number of methoxy groups -OCH3 is 1. The lowest BCUT2D eigenvalue weighted by Crippen LogP contribution is -2.39. The molecule has 0 spiro atoms. The summed E-state index contributed by atoms with van der Waals surface area (Å²) < 4.78 is 5.73. The van der Waals surface area contributed by atoms with Gasteiger partial charge < -0.3 is 15.0 Å². The van der Waals surface area contributed by atoms with Gasteiger partial charge in [-0.1, -0.05) is 22.0 Å². The van der Waals surface area contributed by atoms with E-state index >= 15 is 0 Å². The van der Waals surface area contributed by atoms with Gasteiger partial charge in [0.05, 0.1) is 19.9 Å². The number of likely N-dealkylation sites (N-methyl/N-ethyl adjacent to an activating group) is 1. The van der Waals surface area contributed by atoms with Crippen LogP contribution in [0.3, 0.4) is 0 Å². The molecule has 9 nitrogen and oxygen atoms in total. The van der Waals surface area contributed by atoms with Gasteiger partial charge in [0, 0.05) is 29.8 Å². The summed E-state index contributed by atoms with van der Waals surface area (Å²) in [7, 11) is 3.37. The number of nitrogens with zero attached hydrogens (tertiary/aromatic N) is 6. The average molecular weight is 500 g/mol. The molecule has 0 atom stereocenters. The van der Waals surface area contributed by atoms with Crippen molar-refractivity contribution in [2.24, 2.45) is 5.92 Å². The Morgan fingerprint density at radius 2 is 2.09 bits per heavy atom. The topological polar surface area (TPSA) is 96.4 Å². The zero-order chi connectivity index (χ0) is 22.5. The molecule has 0 aliphatic carbocycles. The summed E-state index contributed by atoms with van der Waals surface area (Å²) in [6.45, 7) is 2.92. The maximum absolute atomic E-state index is 11.5. The highest BCUT2D eigenvalue weighted by molar-refractivity contribution is 9.10. The smallest absolute Gasteiger partial charge is 0.319 e. The number of carbonyl (C=O) groups excluding carboxylic acids is 1. The second kappa shape index (κ2) is 10.2. The van der Waals surface area contributed by atoms with Crippen LogP contribution in [0.25, 0.3) is 11.0 Å². The molecule has 1 N–H and O–H groups in total. The van der Waals surface area contributed by atoms with E-state index in [1.165, 1.54) is 13.4 Å². The molecular formula is C22H26BrN7O2. The Labute approximate surface area is 195 Å². The van der Waals surface area contributed by atoms with Gasteiger partial charge in [-0.3, -0.25) is 9.69 Å². The standard InChI is InChI=1S/C22H26BrN7O2/c1-29(13-19(31)32-2)12-15-6-8-30(9-7-15)22-24-11-18-20(28-22)21(26-14-25-18)27-17-5-3-4-16(23)10-17/h3-5,10-11,14-15H,6-9,12-13H2,1-2H3,(H,25,26,27). The van der Waals surface area contributed by atoms with Gasteiger partial charge in [-0.25, -0.2) is 19.9 Å². The Morgan fingerprint density at radius 3 is 2.84 bits per heavy atom. The summed E-state index contributed by atoms with van der Waals surface area (Å²) in [5, 5.41) is 3.33. The molecule has 32 heavy (non-hydrogen) atoms. The average Bonchev–Trinajstić information content (AvgIpc) is 2.79. The number of hydrogen-bond donors (Lipinski definition) is 1. The van der Waals surface area contributed by atoms with Gasteiger partial charge in [0.1, 0.15) is 17.4 Å². The van der Waals surface area contributed by atoms with Crippen LogP contribution in [0.2, 0.25) is 0 Å². The maximum atomic E-state index is 11.5.